The van der Waals surface area contributed by atoms with Gasteiger partial charge in [-0.3, -0.25) is 19.8 Å². The van der Waals surface area contributed by atoms with Crippen LogP contribution in [0, 0.1) is 6.92 Å². The molecule has 0 aromatic heterocycles. The Hall–Kier alpha value is -2.74. The van der Waals surface area contributed by atoms with Gasteiger partial charge in [-0.15, -0.1) is 0 Å². The zero-order valence-electron chi connectivity index (χ0n) is 16.4. The largest absolute Gasteiger partial charge is 0.378 e. The van der Waals surface area contributed by atoms with E-state index < -0.39 is 11.8 Å². The molecule has 0 unspecified atom stereocenters. The van der Waals surface area contributed by atoms with Gasteiger partial charge in [0, 0.05) is 23.8 Å². The first-order chi connectivity index (χ1) is 14.4. The summed E-state index contributed by atoms with van der Waals surface area (Å²) in [5, 5.41) is 3.10. The molecular weight excluding hydrogens is 422 g/mol. The number of nitrogens with zero attached hydrogens (tertiary/aromatic N) is 2. The Bertz CT molecular complexity index is 1060. The minimum Gasteiger partial charge on any atom is -0.378 e. The molecule has 0 radical (unpaired) electrons. The van der Waals surface area contributed by atoms with Gasteiger partial charge in [0.15, 0.2) is 5.11 Å². The van der Waals surface area contributed by atoms with E-state index in [4.69, 9.17) is 28.6 Å². The lowest BCUT2D eigenvalue weighted by molar-refractivity contribution is -0.122. The fourth-order valence-corrected chi connectivity index (χ4v) is 3.97. The number of aryl methyl sites for hydroxylation is 1. The summed E-state index contributed by atoms with van der Waals surface area (Å²) in [6, 6.07) is 12.7. The van der Waals surface area contributed by atoms with E-state index >= 15 is 0 Å². The summed E-state index contributed by atoms with van der Waals surface area (Å²) in [6.45, 7) is 5.05. The van der Waals surface area contributed by atoms with Crippen molar-refractivity contribution in [2.75, 3.05) is 36.1 Å². The highest BCUT2D eigenvalue weighted by atomic mass is 35.5. The lowest BCUT2D eigenvalue weighted by Crippen LogP contribution is -2.54. The van der Waals surface area contributed by atoms with Crippen molar-refractivity contribution in [3.63, 3.8) is 0 Å². The number of halogens is 1. The van der Waals surface area contributed by atoms with Crippen LogP contribution < -0.4 is 15.1 Å². The van der Waals surface area contributed by atoms with E-state index in [2.05, 4.69) is 16.3 Å². The standard InChI is InChI=1S/C22H20ClN3O3S/c1-14-11-17(25-7-9-29-10-8-25)6-5-15(14)12-19-20(27)24-22(30)26(21(19)28)18-4-2-3-16(23)13-18/h2-6,11-13H,7-10H2,1H3,(H,24,27,30)/b19-12+. The molecule has 2 aliphatic rings. The molecule has 2 heterocycles. The molecule has 4 rings (SSSR count). The van der Waals surface area contributed by atoms with Gasteiger partial charge in [-0.1, -0.05) is 23.7 Å². The molecule has 0 spiro atoms. The van der Waals surface area contributed by atoms with E-state index in [1.54, 1.807) is 30.3 Å². The van der Waals surface area contributed by atoms with Crippen molar-refractivity contribution in [1.82, 2.24) is 5.32 Å². The molecule has 2 aromatic rings. The highest BCUT2D eigenvalue weighted by molar-refractivity contribution is 7.80. The summed E-state index contributed by atoms with van der Waals surface area (Å²) in [7, 11) is 0. The number of morpholine rings is 1. The van der Waals surface area contributed by atoms with Gasteiger partial charge in [0.25, 0.3) is 11.8 Å². The lowest BCUT2D eigenvalue weighted by atomic mass is 10.0. The van der Waals surface area contributed by atoms with Crippen molar-refractivity contribution in [2.24, 2.45) is 0 Å². The van der Waals surface area contributed by atoms with Crippen molar-refractivity contribution in [1.29, 1.82) is 0 Å². The van der Waals surface area contributed by atoms with Crippen LogP contribution in [0.5, 0.6) is 0 Å². The predicted octanol–water partition coefficient (Wildman–Crippen LogP) is 3.32. The molecule has 2 saturated heterocycles. The molecule has 154 valence electrons. The third kappa shape index (κ3) is 4.09. The monoisotopic (exact) mass is 441 g/mol. The summed E-state index contributed by atoms with van der Waals surface area (Å²) in [6.07, 6.45) is 1.61. The molecule has 6 nitrogen and oxygen atoms in total. The maximum atomic E-state index is 13.1. The van der Waals surface area contributed by atoms with Gasteiger partial charge in [-0.05, 0) is 66.7 Å². The van der Waals surface area contributed by atoms with E-state index in [1.165, 1.54) is 4.90 Å². The summed E-state index contributed by atoms with van der Waals surface area (Å²) in [5.41, 5.74) is 3.38. The number of benzene rings is 2. The SMILES string of the molecule is Cc1cc(N2CCOCC2)ccc1/C=C1\C(=O)NC(=S)N(c2cccc(Cl)c2)C1=O. The van der Waals surface area contributed by atoms with Crippen LogP contribution in [-0.4, -0.2) is 43.2 Å². The van der Waals surface area contributed by atoms with Gasteiger partial charge in [0.2, 0.25) is 0 Å². The predicted molar refractivity (Wildman–Crippen MR) is 122 cm³/mol. The molecule has 2 fully saturated rings. The van der Waals surface area contributed by atoms with Crippen LogP contribution in [0.2, 0.25) is 5.02 Å². The fourth-order valence-electron chi connectivity index (χ4n) is 3.50. The van der Waals surface area contributed by atoms with Gasteiger partial charge < -0.3 is 9.64 Å². The van der Waals surface area contributed by atoms with Gasteiger partial charge >= 0.3 is 0 Å². The van der Waals surface area contributed by atoms with Crippen molar-refractivity contribution >= 4 is 58.2 Å². The van der Waals surface area contributed by atoms with Gasteiger partial charge in [-0.25, -0.2) is 0 Å². The van der Waals surface area contributed by atoms with Crippen LogP contribution in [0.4, 0.5) is 11.4 Å². The van der Waals surface area contributed by atoms with E-state index in [1.807, 2.05) is 19.1 Å². The topological polar surface area (TPSA) is 61.9 Å². The third-order valence-corrected chi connectivity index (χ3v) is 5.62. The number of hydrogen-bond acceptors (Lipinski definition) is 5. The van der Waals surface area contributed by atoms with E-state index in [-0.39, 0.29) is 10.7 Å². The van der Waals surface area contributed by atoms with Gasteiger partial charge in [0.1, 0.15) is 5.57 Å². The molecule has 2 aromatic carbocycles. The number of nitrogens with one attached hydrogen (secondary N) is 1. The Morgan fingerprint density at radius 1 is 1.10 bits per heavy atom. The first-order valence-corrected chi connectivity index (χ1v) is 10.3. The van der Waals surface area contributed by atoms with Crippen molar-refractivity contribution < 1.29 is 14.3 Å². The number of hydrogen-bond donors (Lipinski definition) is 1. The second kappa shape index (κ2) is 8.55. The van der Waals surface area contributed by atoms with E-state index in [0.717, 1.165) is 29.9 Å². The molecule has 0 saturated carbocycles. The second-order valence-electron chi connectivity index (χ2n) is 7.08. The number of amides is 2. The van der Waals surface area contributed by atoms with E-state index in [0.29, 0.717) is 23.9 Å². The van der Waals surface area contributed by atoms with Crippen LogP contribution in [0.3, 0.4) is 0 Å². The molecule has 30 heavy (non-hydrogen) atoms. The number of carbonyl (C=O) groups excluding carboxylic acids is 2. The molecule has 2 amide bonds. The number of thiocarbonyl (C=S) groups is 1. The second-order valence-corrected chi connectivity index (χ2v) is 7.90. The number of carbonyl (C=O) groups is 2. The summed E-state index contributed by atoms with van der Waals surface area (Å²) < 4.78 is 5.41. The zero-order valence-corrected chi connectivity index (χ0v) is 17.9. The van der Waals surface area contributed by atoms with Crippen molar-refractivity contribution in [3.05, 3.63) is 64.2 Å². The van der Waals surface area contributed by atoms with Gasteiger partial charge in [-0.2, -0.15) is 0 Å². The van der Waals surface area contributed by atoms with Crippen LogP contribution in [0.1, 0.15) is 11.1 Å². The van der Waals surface area contributed by atoms with Gasteiger partial charge in [0.05, 0.1) is 18.9 Å². The van der Waals surface area contributed by atoms with Crippen molar-refractivity contribution in [3.8, 4) is 0 Å². The Morgan fingerprint density at radius 2 is 1.87 bits per heavy atom. The lowest BCUT2D eigenvalue weighted by Gasteiger charge is -2.30. The molecule has 8 heteroatoms. The minimum absolute atomic E-state index is 0.0193. The summed E-state index contributed by atoms with van der Waals surface area (Å²) >= 11 is 11.3. The maximum Gasteiger partial charge on any atom is 0.270 e. The average Bonchev–Trinajstić information content (AvgIpc) is 2.72. The first-order valence-electron chi connectivity index (χ1n) is 9.54. The summed E-state index contributed by atoms with van der Waals surface area (Å²) in [4.78, 5) is 29.2. The van der Waals surface area contributed by atoms with Crippen LogP contribution in [-0.2, 0) is 14.3 Å². The Kier molecular flexibility index (Phi) is 5.85. The fraction of sp³-hybridized carbons (Fsp3) is 0.227. The quantitative estimate of drug-likeness (QED) is 0.450. The molecule has 2 aliphatic heterocycles. The maximum absolute atomic E-state index is 13.1. The third-order valence-electron chi connectivity index (χ3n) is 5.10. The smallest absolute Gasteiger partial charge is 0.270 e. The molecule has 0 atom stereocenters. The highest BCUT2D eigenvalue weighted by Crippen LogP contribution is 2.26. The number of ether oxygens (including phenoxy) is 1. The Balaban J connectivity index is 1.65. The van der Waals surface area contributed by atoms with Crippen LogP contribution >= 0.6 is 23.8 Å². The molecule has 1 N–H and O–H groups in total. The molecular formula is C22H20ClN3O3S. The Morgan fingerprint density at radius 3 is 2.57 bits per heavy atom. The Labute approximate surface area is 185 Å². The van der Waals surface area contributed by atoms with Crippen LogP contribution in [0.15, 0.2) is 48.0 Å². The van der Waals surface area contributed by atoms with Crippen molar-refractivity contribution in [2.45, 2.75) is 6.92 Å². The first kappa shape index (κ1) is 20.5. The van der Waals surface area contributed by atoms with E-state index in [9.17, 15) is 9.59 Å². The van der Waals surface area contributed by atoms with Crippen LogP contribution in [0.25, 0.3) is 6.08 Å². The highest BCUT2D eigenvalue weighted by Gasteiger charge is 2.34. The molecule has 0 aliphatic carbocycles. The summed E-state index contributed by atoms with van der Waals surface area (Å²) in [5.74, 6) is -0.998. The molecule has 0 bridgehead atoms. The number of rotatable bonds is 3. The minimum atomic E-state index is -0.514. The number of anilines is 2. The average molecular weight is 442 g/mol. The zero-order chi connectivity index (χ0) is 21.3. The normalized spacial score (nSPS) is 18.7.